The zero-order chi connectivity index (χ0) is 12.3. The average Bonchev–Trinajstić information content (AvgIpc) is 2.88. The van der Waals surface area contributed by atoms with Gasteiger partial charge in [0, 0.05) is 6.04 Å². The van der Waals surface area contributed by atoms with Crippen LogP contribution in [0.25, 0.3) is 0 Å². The first kappa shape index (κ1) is 11.9. The zero-order valence-corrected chi connectivity index (χ0v) is 10.1. The minimum atomic E-state index is -0.385. The number of thiocarbonyl (C=S) groups is 1. The van der Waals surface area contributed by atoms with E-state index >= 15 is 0 Å². The van der Waals surface area contributed by atoms with E-state index in [2.05, 4.69) is 28.3 Å². The predicted octanol–water partition coefficient (Wildman–Crippen LogP) is 0.360. The fourth-order valence-corrected chi connectivity index (χ4v) is 2.60. The quantitative estimate of drug-likeness (QED) is 0.375. The van der Waals surface area contributed by atoms with E-state index in [9.17, 15) is 4.79 Å². The van der Waals surface area contributed by atoms with Gasteiger partial charge in [-0.2, -0.15) is 5.26 Å². The minimum absolute atomic E-state index is 0.174. The van der Waals surface area contributed by atoms with Gasteiger partial charge in [-0.1, -0.05) is 12.2 Å². The molecule has 2 bridgehead atoms. The number of carbonyl (C=O) groups is 1. The topological polar surface area (TPSA) is 77.0 Å². The SMILES string of the molecule is N#CCC(=O)NNC(=S)N[C@H]1C[C@@H]2C=C[C@@H]1C2. The van der Waals surface area contributed by atoms with Crippen molar-refractivity contribution >= 4 is 23.2 Å². The molecule has 0 radical (unpaired) electrons. The first-order valence-electron chi connectivity index (χ1n) is 5.59. The van der Waals surface area contributed by atoms with Gasteiger partial charge in [0.15, 0.2) is 5.11 Å². The molecule has 0 aromatic rings. The molecule has 3 atom stereocenters. The molecule has 1 saturated carbocycles. The van der Waals surface area contributed by atoms with E-state index < -0.39 is 0 Å². The van der Waals surface area contributed by atoms with Crippen molar-refractivity contribution in [1.82, 2.24) is 16.2 Å². The third-order valence-corrected chi connectivity index (χ3v) is 3.37. The minimum Gasteiger partial charge on any atom is -0.358 e. The fraction of sp³-hybridized carbons (Fsp3) is 0.545. The van der Waals surface area contributed by atoms with Crippen LogP contribution in [0.15, 0.2) is 12.2 Å². The van der Waals surface area contributed by atoms with Crippen LogP contribution in [0.1, 0.15) is 19.3 Å². The first-order valence-corrected chi connectivity index (χ1v) is 6.00. The molecule has 2 aliphatic carbocycles. The van der Waals surface area contributed by atoms with Crippen LogP contribution in [0.5, 0.6) is 0 Å². The Labute approximate surface area is 105 Å². The van der Waals surface area contributed by atoms with Crippen LogP contribution in [-0.2, 0) is 4.79 Å². The number of nitriles is 1. The number of fused-ring (bicyclic) bond motifs is 2. The lowest BCUT2D eigenvalue weighted by Crippen LogP contribution is -2.50. The Morgan fingerprint density at radius 3 is 2.82 bits per heavy atom. The summed E-state index contributed by atoms with van der Waals surface area (Å²) >= 11 is 5.06. The summed E-state index contributed by atoms with van der Waals surface area (Å²) in [5, 5.41) is 11.9. The van der Waals surface area contributed by atoms with Crippen molar-refractivity contribution in [3.8, 4) is 6.07 Å². The Morgan fingerprint density at radius 1 is 1.41 bits per heavy atom. The molecule has 0 aromatic heterocycles. The Morgan fingerprint density at radius 2 is 2.24 bits per heavy atom. The van der Waals surface area contributed by atoms with Gasteiger partial charge in [-0.15, -0.1) is 0 Å². The third-order valence-electron chi connectivity index (χ3n) is 3.15. The lowest BCUT2D eigenvalue weighted by molar-refractivity contribution is -0.120. The second-order valence-electron chi connectivity index (χ2n) is 4.37. The number of hydrazine groups is 1. The average molecular weight is 250 g/mol. The highest BCUT2D eigenvalue weighted by Gasteiger charge is 2.35. The van der Waals surface area contributed by atoms with Crippen LogP contribution in [-0.4, -0.2) is 17.1 Å². The smallest absolute Gasteiger partial charge is 0.252 e. The van der Waals surface area contributed by atoms with E-state index in [0.717, 1.165) is 6.42 Å². The maximum Gasteiger partial charge on any atom is 0.252 e. The summed E-state index contributed by atoms with van der Waals surface area (Å²) in [6.07, 6.45) is 6.60. The van der Waals surface area contributed by atoms with Crippen molar-refractivity contribution < 1.29 is 4.79 Å². The Bertz CT molecular complexity index is 401. The van der Waals surface area contributed by atoms with E-state index in [1.807, 2.05) is 0 Å². The molecule has 2 aliphatic rings. The van der Waals surface area contributed by atoms with E-state index in [4.69, 9.17) is 17.5 Å². The van der Waals surface area contributed by atoms with Crippen LogP contribution < -0.4 is 16.2 Å². The molecule has 3 N–H and O–H groups in total. The molecule has 0 spiro atoms. The standard InChI is InChI=1S/C11H14N4OS/c12-4-3-10(16)14-15-11(17)13-9-6-7-1-2-8(9)5-7/h1-2,7-9H,3,5-6H2,(H,14,16)(H2,13,15,17)/t7-,8-,9+/m1/s1. The van der Waals surface area contributed by atoms with Crippen LogP contribution in [0.2, 0.25) is 0 Å². The summed E-state index contributed by atoms with van der Waals surface area (Å²) < 4.78 is 0. The van der Waals surface area contributed by atoms with Crippen LogP contribution in [0, 0.1) is 23.2 Å². The molecule has 1 amide bonds. The van der Waals surface area contributed by atoms with Gasteiger partial charge in [-0.25, -0.2) is 0 Å². The Kier molecular flexibility index (Phi) is 3.59. The number of carbonyl (C=O) groups excluding carboxylic acids is 1. The summed E-state index contributed by atoms with van der Waals surface area (Å²) in [6.45, 7) is 0. The van der Waals surface area contributed by atoms with Gasteiger partial charge < -0.3 is 5.32 Å². The lowest BCUT2D eigenvalue weighted by Gasteiger charge is -2.21. The lowest BCUT2D eigenvalue weighted by atomic mass is 10.0. The maximum atomic E-state index is 11.0. The summed E-state index contributed by atoms with van der Waals surface area (Å²) in [4.78, 5) is 11.0. The molecule has 17 heavy (non-hydrogen) atoms. The number of hydrogen-bond donors (Lipinski definition) is 3. The van der Waals surface area contributed by atoms with Crippen LogP contribution in [0.4, 0.5) is 0 Å². The van der Waals surface area contributed by atoms with Crippen LogP contribution >= 0.6 is 12.2 Å². The van der Waals surface area contributed by atoms with Crippen molar-refractivity contribution in [2.75, 3.05) is 0 Å². The van der Waals surface area contributed by atoms with E-state index in [0.29, 0.717) is 23.0 Å². The number of rotatable bonds is 2. The summed E-state index contributed by atoms with van der Waals surface area (Å²) in [5.74, 6) is 0.840. The normalized spacial score (nSPS) is 28.5. The summed E-state index contributed by atoms with van der Waals surface area (Å²) in [7, 11) is 0. The van der Waals surface area contributed by atoms with E-state index in [1.54, 1.807) is 6.07 Å². The van der Waals surface area contributed by atoms with Crippen molar-refractivity contribution in [1.29, 1.82) is 5.26 Å². The van der Waals surface area contributed by atoms with Gasteiger partial charge in [0.2, 0.25) is 0 Å². The third kappa shape index (κ3) is 2.94. The maximum absolute atomic E-state index is 11.0. The monoisotopic (exact) mass is 250 g/mol. The largest absolute Gasteiger partial charge is 0.358 e. The fourth-order valence-electron chi connectivity index (χ4n) is 2.39. The van der Waals surface area contributed by atoms with Gasteiger partial charge in [0.05, 0.1) is 6.07 Å². The second-order valence-corrected chi connectivity index (χ2v) is 4.78. The molecule has 90 valence electrons. The van der Waals surface area contributed by atoms with E-state index in [1.165, 1.54) is 6.42 Å². The highest BCUT2D eigenvalue weighted by atomic mass is 32.1. The first-order chi connectivity index (χ1) is 8.19. The van der Waals surface area contributed by atoms with Crippen molar-refractivity contribution in [3.63, 3.8) is 0 Å². The van der Waals surface area contributed by atoms with Gasteiger partial charge in [0.25, 0.3) is 5.91 Å². The number of nitrogens with zero attached hydrogens (tertiary/aromatic N) is 1. The number of hydrogen-bond acceptors (Lipinski definition) is 3. The zero-order valence-electron chi connectivity index (χ0n) is 9.27. The molecule has 0 unspecified atom stereocenters. The van der Waals surface area contributed by atoms with E-state index in [-0.39, 0.29) is 12.3 Å². The highest BCUT2D eigenvalue weighted by molar-refractivity contribution is 7.80. The van der Waals surface area contributed by atoms with Gasteiger partial charge >= 0.3 is 0 Å². The van der Waals surface area contributed by atoms with Crippen molar-refractivity contribution in [2.24, 2.45) is 11.8 Å². The molecule has 0 heterocycles. The molecule has 0 saturated heterocycles. The molecule has 5 nitrogen and oxygen atoms in total. The molecular formula is C11H14N4OS. The molecule has 0 aromatic carbocycles. The Hall–Kier alpha value is -1.61. The number of allylic oxidation sites excluding steroid dienone is 1. The second kappa shape index (κ2) is 5.15. The van der Waals surface area contributed by atoms with Crippen molar-refractivity contribution in [2.45, 2.75) is 25.3 Å². The molecule has 2 rings (SSSR count). The number of nitrogens with one attached hydrogen (secondary N) is 3. The van der Waals surface area contributed by atoms with Crippen molar-refractivity contribution in [3.05, 3.63) is 12.2 Å². The summed E-state index contributed by atoms with van der Waals surface area (Å²) in [5.41, 5.74) is 4.97. The number of amides is 1. The summed E-state index contributed by atoms with van der Waals surface area (Å²) in [6, 6.07) is 2.12. The van der Waals surface area contributed by atoms with Gasteiger partial charge in [-0.3, -0.25) is 15.6 Å². The molecular weight excluding hydrogens is 236 g/mol. The Balaban J connectivity index is 1.70. The van der Waals surface area contributed by atoms with Crippen LogP contribution in [0.3, 0.4) is 0 Å². The van der Waals surface area contributed by atoms with Gasteiger partial charge in [-0.05, 0) is 36.9 Å². The predicted molar refractivity (Wildman–Crippen MR) is 66.4 cm³/mol. The molecule has 6 heteroatoms. The molecule has 1 fully saturated rings. The highest BCUT2D eigenvalue weighted by Crippen LogP contribution is 2.38. The van der Waals surface area contributed by atoms with Gasteiger partial charge in [0.1, 0.15) is 6.42 Å². The molecule has 0 aliphatic heterocycles.